The van der Waals surface area contributed by atoms with E-state index in [2.05, 4.69) is 25.9 Å². The number of nitrogens with two attached hydrogens (primary N) is 1. The smallest absolute Gasteiger partial charge is 0.137 e. The SMILES string of the molecule is COc1cncc(C(N)c2nc3ccccc3cc2Br)c1. The van der Waals surface area contributed by atoms with Crippen LogP contribution in [0.25, 0.3) is 10.9 Å². The van der Waals surface area contributed by atoms with Crippen LogP contribution in [0.15, 0.2) is 53.3 Å². The van der Waals surface area contributed by atoms with Crippen LogP contribution in [0.4, 0.5) is 0 Å². The highest BCUT2D eigenvalue weighted by Crippen LogP contribution is 2.29. The number of rotatable bonds is 3. The third-order valence-electron chi connectivity index (χ3n) is 3.33. The molecular weight excluding hydrogens is 330 g/mol. The lowest BCUT2D eigenvalue weighted by Crippen LogP contribution is -2.14. The van der Waals surface area contributed by atoms with Gasteiger partial charge in [0.25, 0.3) is 0 Å². The Kier molecular flexibility index (Phi) is 3.86. The summed E-state index contributed by atoms with van der Waals surface area (Å²) < 4.78 is 6.08. The second kappa shape index (κ2) is 5.79. The topological polar surface area (TPSA) is 61.0 Å². The Bertz CT molecular complexity index is 791. The predicted octanol–water partition coefficient (Wildman–Crippen LogP) is 3.45. The molecule has 1 unspecified atom stereocenters. The summed E-state index contributed by atoms with van der Waals surface area (Å²) in [6, 6.07) is 11.5. The number of benzene rings is 1. The first-order valence-corrected chi connectivity index (χ1v) is 7.28. The Balaban J connectivity index is 2.08. The minimum absolute atomic E-state index is 0.369. The number of fused-ring (bicyclic) bond motifs is 1. The maximum atomic E-state index is 6.34. The van der Waals surface area contributed by atoms with Gasteiger partial charge < -0.3 is 10.5 Å². The van der Waals surface area contributed by atoms with E-state index in [4.69, 9.17) is 10.5 Å². The summed E-state index contributed by atoms with van der Waals surface area (Å²) in [5.41, 5.74) is 8.90. The van der Waals surface area contributed by atoms with Gasteiger partial charge in [-0.05, 0) is 39.7 Å². The van der Waals surface area contributed by atoms with E-state index in [1.165, 1.54) is 0 Å². The zero-order valence-corrected chi connectivity index (χ0v) is 13.0. The lowest BCUT2D eigenvalue weighted by Gasteiger charge is -2.14. The van der Waals surface area contributed by atoms with Gasteiger partial charge in [-0.1, -0.05) is 18.2 Å². The van der Waals surface area contributed by atoms with Gasteiger partial charge in [-0.2, -0.15) is 0 Å². The molecule has 2 aromatic heterocycles. The van der Waals surface area contributed by atoms with Crippen LogP contribution in [0, 0.1) is 0 Å². The molecule has 0 aliphatic heterocycles. The first kappa shape index (κ1) is 14.0. The molecule has 0 aliphatic carbocycles. The molecule has 5 heteroatoms. The summed E-state index contributed by atoms with van der Waals surface area (Å²) in [7, 11) is 1.61. The second-order valence-corrected chi connectivity index (χ2v) is 5.54. The van der Waals surface area contributed by atoms with Gasteiger partial charge in [-0.15, -0.1) is 0 Å². The Labute approximate surface area is 131 Å². The normalized spacial score (nSPS) is 12.3. The van der Waals surface area contributed by atoms with E-state index in [1.807, 2.05) is 36.4 Å². The summed E-state index contributed by atoms with van der Waals surface area (Å²) in [5.74, 6) is 0.680. The molecule has 3 rings (SSSR count). The van der Waals surface area contributed by atoms with Crippen LogP contribution in [-0.4, -0.2) is 17.1 Å². The summed E-state index contributed by atoms with van der Waals surface area (Å²) in [6.45, 7) is 0. The van der Waals surface area contributed by atoms with Crippen molar-refractivity contribution in [3.8, 4) is 5.75 Å². The van der Waals surface area contributed by atoms with Crippen molar-refractivity contribution >= 4 is 26.8 Å². The van der Waals surface area contributed by atoms with Crippen molar-refractivity contribution in [1.29, 1.82) is 0 Å². The lowest BCUT2D eigenvalue weighted by atomic mass is 10.0. The van der Waals surface area contributed by atoms with Gasteiger partial charge in [0.2, 0.25) is 0 Å². The third kappa shape index (κ3) is 2.75. The van der Waals surface area contributed by atoms with Crippen molar-refractivity contribution < 1.29 is 4.74 Å². The maximum absolute atomic E-state index is 6.34. The van der Waals surface area contributed by atoms with Crippen LogP contribution in [0.5, 0.6) is 5.75 Å². The highest BCUT2D eigenvalue weighted by atomic mass is 79.9. The van der Waals surface area contributed by atoms with Crippen LogP contribution >= 0.6 is 15.9 Å². The average Bonchev–Trinajstić information content (AvgIpc) is 2.53. The number of hydrogen-bond acceptors (Lipinski definition) is 4. The van der Waals surface area contributed by atoms with Gasteiger partial charge in [-0.3, -0.25) is 4.98 Å². The van der Waals surface area contributed by atoms with E-state index in [-0.39, 0.29) is 6.04 Å². The molecule has 1 aromatic carbocycles. The molecule has 4 nitrogen and oxygen atoms in total. The van der Waals surface area contributed by atoms with Gasteiger partial charge in [0.1, 0.15) is 5.75 Å². The van der Waals surface area contributed by atoms with Gasteiger partial charge in [0.05, 0.1) is 30.6 Å². The third-order valence-corrected chi connectivity index (χ3v) is 3.96. The first-order chi connectivity index (χ1) is 10.2. The summed E-state index contributed by atoms with van der Waals surface area (Å²) >= 11 is 3.56. The standard InChI is InChI=1S/C16H14BrN3O/c1-21-12-6-11(8-19-9-12)15(18)16-13(17)7-10-4-2-3-5-14(10)20-16/h2-9,15H,18H2,1H3. The summed E-state index contributed by atoms with van der Waals surface area (Å²) in [4.78, 5) is 8.81. The number of ether oxygens (including phenoxy) is 1. The van der Waals surface area contributed by atoms with E-state index in [0.717, 1.165) is 26.6 Å². The molecule has 106 valence electrons. The zero-order chi connectivity index (χ0) is 14.8. The zero-order valence-electron chi connectivity index (χ0n) is 11.5. The molecular formula is C16H14BrN3O. The van der Waals surface area contributed by atoms with Crippen molar-refractivity contribution in [2.24, 2.45) is 5.73 Å². The number of nitrogens with zero attached hydrogens (tertiary/aromatic N) is 2. The number of para-hydroxylation sites is 1. The van der Waals surface area contributed by atoms with Crippen LogP contribution in [0.3, 0.4) is 0 Å². The fourth-order valence-corrected chi connectivity index (χ4v) is 2.78. The molecule has 0 saturated heterocycles. The molecule has 0 saturated carbocycles. The second-order valence-electron chi connectivity index (χ2n) is 4.68. The van der Waals surface area contributed by atoms with E-state index < -0.39 is 0 Å². The van der Waals surface area contributed by atoms with Crippen LogP contribution in [-0.2, 0) is 0 Å². The molecule has 0 spiro atoms. The average molecular weight is 344 g/mol. The van der Waals surface area contributed by atoms with E-state index >= 15 is 0 Å². The number of pyridine rings is 2. The molecule has 0 bridgehead atoms. The quantitative estimate of drug-likeness (QED) is 0.791. The fourth-order valence-electron chi connectivity index (χ4n) is 2.20. The van der Waals surface area contributed by atoms with Crippen LogP contribution in [0.1, 0.15) is 17.3 Å². The van der Waals surface area contributed by atoms with Crippen molar-refractivity contribution in [2.75, 3.05) is 7.11 Å². The molecule has 21 heavy (non-hydrogen) atoms. The lowest BCUT2D eigenvalue weighted by molar-refractivity contribution is 0.412. The fraction of sp³-hybridized carbons (Fsp3) is 0.125. The number of methoxy groups -OCH3 is 1. The first-order valence-electron chi connectivity index (χ1n) is 6.49. The van der Waals surface area contributed by atoms with Crippen LogP contribution in [0.2, 0.25) is 0 Å². The van der Waals surface area contributed by atoms with Gasteiger partial charge in [-0.25, -0.2) is 4.98 Å². The molecule has 1 atom stereocenters. The number of halogens is 1. The molecule has 0 amide bonds. The number of aromatic nitrogens is 2. The Morgan fingerprint density at radius 2 is 2.00 bits per heavy atom. The van der Waals surface area contributed by atoms with Crippen molar-refractivity contribution in [1.82, 2.24) is 9.97 Å². The van der Waals surface area contributed by atoms with E-state index in [0.29, 0.717) is 5.75 Å². The molecule has 0 fully saturated rings. The summed E-state index contributed by atoms with van der Waals surface area (Å²) in [5, 5.41) is 1.07. The monoisotopic (exact) mass is 343 g/mol. The maximum Gasteiger partial charge on any atom is 0.137 e. The minimum Gasteiger partial charge on any atom is -0.495 e. The molecule has 0 radical (unpaired) electrons. The highest BCUT2D eigenvalue weighted by Gasteiger charge is 2.16. The Morgan fingerprint density at radius 3 is 2.81 bits per heavy atom. The Morgan fingerprint density at radius 1 is 1.19 bits per heavy atom. The predicted molar refractivity (Wildman–Crippen MR) is 86.3 cm³/mol. The molecule has 3 aromatic rings. The van der Waals surface area contributed by atoms with Crippen LogP contribution < -0.4 is 10.5 Å². The van der Waals surface area contributed by atoms with Gasteiger partial charge in [0, 0.05) is 16.1 Å². The molecule has 2 heterocycles. The highest BCUT2D eigenvalue weighted by molar-refractivity contribution is 9.10. The van der Waals surface area contributed by atoms with E-state index in [9.17, 15) is 0 Å². The van der Waals surface area contributed by atoms with Gasteiger partial charge >= 0.3 is 0 Å². The van der Waals surface area contributed by atoms with Crippen molar-refractivity contribution in [2.45, 2.75) is 6.04 Å². The molecule has 0 aliphatic rings. The van der Waals surface area contributed by atoms with Gasteiger partial charge in [0.15, 0.2) is 0 Å². The molecule has 2 N–H and O–H groups in total. The summed E-state index contributed by atoms with van der Waals surface area (Å²) in [6.07, 6.45) is 3.38. The van der Waals surface area contributed by atoms with E-state index in [1.54, 1.807) is 19.5 Å². The van der Waals surface area contributed by atoms with Crippen molar-refractivity contribution in [3.63, 3.8) is 0 Å². The van der Waals surface area contributed by atoms with Crippen molar-refractivity contribution in [3.05, 3.63) is 64.5 Å². The largest absolute Gasteiger partial charge is 0.495 e. The Hall–Kier alpha value is -1.98. The number of hydrogen-bond donors (Lipinski definition) is 1. The minimum atomic E-state index is -0.369.